The van der Waals surface area contributed by atoms with Crippen LogP contribution in [0.1, 0.15) is 36.5 Å². The minimum absolute atomic E-state index is 0.0826. The molecule has 0 bridgehead atoms. The molecule has 0 aliphatic rings. The van der Waals surface area contributed by atoms with E-state index >= 15 is 0 Å². The number of alkyl halides is 6. The Morgan fingerprint density at radius 2 is 1.69 bits per heavy atom. The fourth-order valence-corrected chi connectivity index (χ4v) is 4.20. The lowest BCUT2D eigenvalue weighted by Gasteiger charge is -2.18. The Hall–Kier alpha value is -4.23. The number of hydrogen-bond donors (Lipinski definition) is 2. The molecule has 3 heterocycles. The molecule has 0 radical (unpaired) electrons. The normalized spacial score (nSPS) is 13.0. The monoisotopic (exact) mass is 552 g/mol. The lowest BCUT2D eigenvalue weighted by Crippen LogP contribution is -2.27. The second-order valence-corrected chi connectivity index (χ2v) is 9.04. The summed E-state index contributed by atoms with van der Waals surface area (Å²) in [6.07, 6.45) is -4.64. The number of anilines is 1. The molecule has 4 aromatic rings. The Balaban J connectivity index is 1.48. The van der Waals surface area contributed by atoms with Gasteiger partial charge in [-0.15, -0.1) is 0 Å². The van der Waals surface area contributed by atoms with Crippen molar-refractivity contribution in [3.05, 3.63) is 80.4 Å². The van der Waals surface area contributed by atoms with Gasteiger partial charge in [0.1, 0.15) is 5.56 Å². The van der Waals surface area contributed by atoms with Gasteiger partial charge in [0.05, 0.1) is 17.4 Å². The number of hydrogen-bond acceptors (Lipinski definition) is 6. The Morgan fingerprint density at radius 1 is 1.00 bits per heavy atom. The third-order valence-electron chi connectivity index (χ3n) is 6.10. The quantitative estimate of drug-likeness (QED) is 0.307. The number of fused-ring (bicyclic) bond motifs is 1. The largest absolute Gasteiger partial charge is 0.423 e. The highest BCUT2D eigenvalue weighted by atomic mass is 19.4. The first-order chi connectivity index (χ1) is 18.3. The Bertz CT molecular complexity index is 1610. The number of nitrogens with zero attached hydrogens (tertiary/aromatic N) is 4. The zero-order chi connectivity index (χ0) is 28.5. The minimum Gasteiger partial charge on any atom is -0.381 e. The summed E-state index contributed by atoms with van der Waals surface area (Å²) in [6.45, 7) is 3.71. The molecule has 2 N–H and O–H groups in total. The standard InChI is InChI=1S/C25H22F6N6O2/c1-13-12-37(7-3-4-14(2)35-19-11-34-36-22(38)20(19)25(29,30)31)23(39)17-6-5-15(8-18(13)17)21-32-9-16(10-33-21)24(26,27)28/h5-6,8-12,14H,3-4,7H2,1-2H3,(H2,35,36,38). The van der Waals surface area contributed by atoms with Gasteiger partial charge in [-0.2, -0.15) is 31.4 Å². The predicted molar refractivity (Wildman–Crippen MR) is 131 cm³/mol. The van der Waals surface area contributed by atoms with Gasteiger partial charge in [-0.3, -0.25) is 9.59 Å². The van der Waals surface area contributed by atoms with E-state index in [0.717, 1.165) is 11.8 Å². The maximum Gasteiger partial charge on any atom is 0.423 e. The molecule has 0 fully saturated rings. The Morgan fingerprint density at radius 3 is 2.33 bits per heavy atom. The summed E-state index contributed by atoms with van der Waals surface area (Å²) in [5.41, 5.74) is -3.21. The van der Waals surface area contributed by atoms with E-state index in [1.165, 1.54) is 4.57 Å². The third kappa shape index (κ3) is 6.10. The molecule has 1 atom stereocenters. The van der Waals surface area contributed by atoms with Crippen molar-refractivity contribution in [2.75, 3.05) is 5.32 Å². The summed E-state index contributed by atoms with van der Waals surface area (Å²) in [5.74, 6) is 0.0826. The molecule has 206 valence electrons. The maximum atomic E-state index is 13.2. The van der Waals surface area contributed by atoms with Crippen LogP contribution in [-0.2, 0) is 18.9 Å². The van der Waals surface area contributed by atoms with Gasteiger partial charge >= 0.3 is 12.4 Å². The van der Waals surface area contributed by atoms with Gasteiger partial charge in [0.15, 0.2) is 5.82 Å². The predicted octanol–water partition coefficient (Wildman–Crippen LogP) is 5.17. The molecule has 0 aliphatic heterocycles. The third-order valence-corrected chi connectivity index (χ3v) is 6.10. The highest BCUT2D eigenvalue weighted by Gasteiger charge is 2.37. The van der Waals surface area contributed by atoms with Crippen LogP contribution in [0.2, 0.25) is 0 Å². The SMILES string of the molecule is Cc1cn(CCCC(C)Nc2cn[nH]c(=O)c2C(F)(F)F)c(=O)c2ccc(-c3ncc(C(F)(F)F)cn3)cc12. The Labute approximate surface area is 216 Å². The van der Waals surface area contributed by atoms with Crippen LogP contribution in [0.25, 0.3) is 22.2 Å². The topological polar surface area (TPSA) is 106 Å². The van der Waals surface area contributed by atoms with Crippen LogP contribution in [0, 0.1) is 6.92 Å². The smallest absolute Gasteiger partial charge is 0.381 e. The average Bonchev–Trinajstić information content (AvgIpc) is 2.85. The molecule has 39 heavy (non-hydrogen) atoms. The van der Waals surface area contributed by atoms with Crippen molar-refractivity contribution < 1.29 is 26.3 Å². The molecule has 4 rings (SSSR count). The van der Waals surface area contributed by atoms with Gasteiger partial charge in [0, 0.05) is 42.1 Å². The number of benzene rings is 1. The molecule has 8 nitrogen and oxygen atoms in total. The van der Waals surface area contributed by atoms with Crippen molar-refractivity contribution in [3.8, 4) is 11.4 Å². The summed E-state index contributed by atoms with van der Waals surface area (Å²) in [6, 6.07) is 4.29. The zero-order valence-electron chi connectivity index (χ0n) is 20.6. The molecule has 0 spiro atoms. The van der Waals surface area contributed by atoms with E-state index in [1.54, 1.807) is 43.3 Å². The molecule has 3 aromatic heterocycles. The number of aromatic nitrogens is 5. The fraction of sp³-hybridized carbons (Fsp3) is 0.320. The summed E-state index contributed by atoms with van der Waals surface area (Å²) >= 11 is 0. The fourth-order valence-electron chi connectivity index (χ4n) is 4.20. The van der Waals surface area contributed by atoms with E-state index in [4.69, 9.17) is 0 Å². The maximum absolute atomic E-state index is 13.2. The van der Waals surface area contributed by atoms with E-state index in [9.17, 15) is 35.9 Å². The van der Waals surface area contributed by atoms with Gasteiger partial charge in [-0.05, 0) is 49.8 Å². The van der Waals surface area contributed by atoms with Gasteiger partial charge < -0.3 is 9.88 Å². The lowest BCUT2D eigenvalue weighted by molar-refractivity contribution is -0.139. The number of pyridine rings is 1. The lowest BCUT2D eigenvalue weighted by atomic mass is 10.0. The van der Waals surface area contributed by atoms with Crippen LogP contribution in [0.3, 0.4) is 0 Å². The highest BCUT2D eigenvalue weighted by Crippen LogP contribution is 2.32. The second kappa shape index (κ2) is 10.5. The summed E-state index contributed by atoms with van der Waals surface area (Å²) < 4.78 is 79.6. The molecule has 1 unspecified atom stereocenters. The van der Waals surface area contributed by atoms with Crippen LogP contribution in [0.5, 0.6) is 0 Å². The van der Waals surface area contributed by atoms with Crippen LogP contribution >= 0.6 is 0 Å². The molecule has 0 saturated carbocycles. The van der Waals surface area contributed by atoms with Crippen LogP contribution in [0.4, 0.5) is 32.0 Å². The van der Waals surface area contributed by atoms with E-state index in [1.807, 2.05) is 0 Å². The zero-order valence-corrected chi connectivity index (χ0v) is 20.6. The number of aromatic amines is 1. The van der Waals surface area contributed by atoms with E-state index in [0.29, 0.717) is 41.6 Å². The van der Waals surface area contributed by atoms with Crippen molar-refractivity contribution >= 4 is 16.5 Å². The number of halogens is 6. The van der Waals surface area contributed by atoms with Crippen molar-refractivity contribution in [2.24, 2.45) is 0 Å². The first-order valence-electron chi connectivity index (χ1n) is 11.7. The molecule has 0 saturated heterocycles. The molecule has 14 heteroatoms. The van der Waals surface area contributed by atoms with E-state index < -0.39 is 40.8 Å². The van der Waals surface area contributed by atoms with Crippen LogP contribution < -0.4 is 16.4 Å². The Kier molecular flexibility index (Phi) is 7.48. The highest BCUT2D eigenvalue weighted by molar-refractivity contribution is 5.88. The second-order valence-electron chi connectivity index (χ2n) is 9.04. The van der Waals surface area contributed by atoms with Crippen molar-refractivity contribution in [1.29, 1.82) is 0 Å². The first kappa shape index (κ1) is 27.8. The van der Waals surface area contributed by atoms with Gasteiger partial charge in [0.25, 0.3) is 11.1 Å². The average molecular weight is 552 g/mol. The number of H-pyrrole nitrogens is 1. The molecular formula is C25H22F6N6O2. The molecular weight excluding hydrogens is 530 g/mol. The number of rotatable bonds is 7. The van der Waals surface area contributed by atoms with Crippen molar-refractivity contribution in [1.82, 2.24) is 24.7 Å². The van der Waals surface area contributed by atoms with Crippen LogP contribution in [-0.4, -0.2) is 30.8 Å². The van der Waals surface area contributed by atoms with Gasteiger partial charge in [0.2, 0.25) is 0 Å². The molecule has 1 aromatic carbocycles. The molecule has 0 amide bonds. The number of nitrogens with one attached hydrogen (secondary N) is 2. The van der Waals surface area contributed by atoms with Gasteiger partial charge in [-0.25, -0.2) is 15.1 Å². The molecule has 0 aliphatic carbocycles. The summed E-state index contributed by atoms with van der Waals surface area (Å²) in [5, 5.41) is 8.86. The minimum atomic E-state index is -4.85. The summed E-state index contributed by atoms with van der Waals surface area (Å²) in [7, 11) is 0. The van der Waals surface area contributed by atoms with Crippen LogP contribution in [0.15, 0.2) is 52.6 Å². The van der Waals surface area contributed by atoms with E-state index in [2.05, 4.69) is 20.4 Å². The van der Waals surface area contributed by atoms with Crippen molar-refractivity contribution in [2.45, 2.75) is 51.6 Å². The first-order valence-corrected chi connectivity index (χ1v) is 11.7. The van der Waals surface area contributed by atoms with E-state index in [-0.39, 0.29) is 17.9 Å². The van der Waals surface area contributed by atoms with Crippen molar-refractivity contribution in [3.63, 3.8) is 0 Å². The number of aryl methyl sites for hydroxylation is 2. The summed E-state index contributed by atoms with van der Waals surface area (Å²) in [4.78, 5) is 32.3. The van der Waals surface area contributed by atoms with Gasteiger partial charge in [-0.1, -0.05) is 6.07 Å².